The summed E-state index contributed by atoms with van der Waals surface area (Å²) in [6.07, 6.45) is 1.50. The minimum atomic E-state index is 0.429. The highest BCUT2D eigenvalue weighted by atomic mass is 35.5. The lowest BCUT2D eigenvalue weighted by molar-refractivity contribution is 0.327. The molecule has 1 heterocycles. The van der Waals surface area contributed by atoms with Gasteiger partial charge in [-0.1, -0.05) is 23.2 Å². The van der Waals surface area contributed by atoms with Crippen molar-refractivity contribution >= 4 is 23.2 Å². The van der Waals surface area contributed by atoms with E-state index in [0.717, 1.165) is 0 Å². The Morgan fingerprint density at radius 3 is 2.82 bits per heavy atom. The summed E-state index contributed by atoms with van der Waals surface area (Å²) >= 11 is 11.4. The highest BCUT2D eigenvalue weighted by Crippen LogP contribution is 2.24. The van der Waals surface area contributed by atoms with E-state index < -0.39 is 0 Å². The van der Waals surface area contributed by atoms with E-state index in [-0.39, 0.29) is 0 Å². The fourth-order valence-corrected chi connectivity index (χ4v) is 1.08. The molecule has 0 bridgehead atoms. The minimum absolute atomic E-state index is 0.429. The van der Waals surface area contributed by atoms with Crippen molar-refractivity contribution in [2.75, 3.05) is 6.61 Å². The lowest BCUT2D eigenvalue weighted by Gasteiger charge is -2.02. The van der Waals surface area contributed by atoms with Crippen molar-refractivity contribution in [3.05, 3.63) is 22.3 Å². The van der Waals surface area contributed by atoms with Crippen LogP contribution in [0.2, 0.25) is 10.0 Å². The molecular weight excluding hydrogens is 185 g/mol. The first-order chi connectivity index (χ1) is 5.24. The maximum atomic E-state index is 5.74. The van der Waals surface area contributed by atoms with Gasteiger partial charge in [-0.15, -0.1) is 0 Å². The van der Waals surface area contributed by atoms with Crippen LogP contribution in [0.3, 0.4) is 0 Å². The van der Waals surface area contributed by atoms with Crippen LogP contribution in [-0.4, -0.2) is 11.6 Å². The van der Waals surface area contributed by atoms with Crippen LogP contribution in [0.4, 0.5) is 0 Å². The quantitative estimate of drug-likeness (QED) is 0.718. The van der Waals surface area contributed by atoms with E-state index in [0.29, 0.717) is 22.5 Å². The molecule has 1 aromatic heterocycles. The molecule has 0 atom stereocenters. The van der Waals surface area contributed by atoms with Crippen LogP contribution >= 0.6 is 23.2 Å². The second kappa shape index (κ2) is 3.79. The average molecular weight is 192 g/mol. The summed E-state index contributed by atoms with van der Waals surface area (Å²) in [6, 6.07) is 1.60. The molecule has 0 saturated carbocycles. The summed E-state index contributed by atoms with van der Waals surface area (Å²) in [6.45, 7) is 2.42. The first kappa shape index (κ1) is 8.62. The molecule has 0 aliphatic heterocycles. The predicted octanol–water partition coefficient (Wildman–Crippen LogP) is 2.79. The molecule has 4 heteroatoms. The summed E-state index contributed by atoms with van der Waals surface area (Å²) in [7, 11) is 0. The molecule has 0 spiro atoms. The second-order valence-electron chi connectivity index (χ2n) is 1.87. The molecule has 0 unspecified atom stereocenters. The van der Waals surface area contributed by atoms with Gasteiger partial charge >= 0.3 is 0 Å². The Kier molecular flexibility index (Phi) is 2.97. The maximum Gasteiger partial charge on any atom is 0.232 e. The number of rotatable bonds is 2. The van der Waals surface area contributed by atoms with E-state index in [4.69, 9.17) is 27.9 Å². The lowest BCUT2D eigenvalue weighted by Crippen LogP contribution is -1.94. The highest BCUT2D eigenvalue weighted by molar-refractivity contribution is 6.35. The molecule has 11 heavy (non-hydrogen) atoms. The van der Waals surface area contributed by atoms with Gasteiger partial charge in [0, 0.05) is 6.20 Å². The first-order valence-electron chi connectivity index (χ1n) is 3.18. The largest absolute Gasteiger partial charge is 0.477 e. The monoisotopic (exact) mass is 191 g/mol. The number of aromatic nitrogens is 1. The first-order valence-corrected chi connectivity index (χ1v) is 3.93. The normalized spacial score (nSPS) is 9.73. The molecule has 1 rings (SSSR count). The Balaban J connectivity index is 2.90. The third-order valence-electron chi connectivity index (χ3n) is 1.06. The topological polar surface area (TPSA) is 22.1 Å². The van der Waals surface area contributed by atoms with Crippen molar-refractivity contribution in [2.24, 2.45) is 0 Å². The van der Waals surface area contributed by atoms with Gasteiger partial charge in [0.2, 0.25) is 5.88 Å². The number of nitrogens with zero attached hydrogens (tertiary/aromatic N) is 1. The Labute approximate surface area is 75.1 Å². The predicted molar refractivity (Wildman–Crippen MR) is 45.4 cm³/mol. The van der Waals surface area contributed by atoms with Gasteiger partial charge in [0.15, 0.2) is 0 Å². The maximum absolute atomic E-state index is 5.74. The van der Waals surface area contributed by atoms with Crippen LogP contribution in [-0.2, 0) is 0 Å². The zero-order valence-corrected chi connectivity index (χ0v) is 7.49. The van der Waals surface area contributed by atoms with Crippen molar-refractivity contribution in [1.82, 2.24) is 4.98 Å². The fourth-order valence-electron chi connectivity index (χ4n) is 0.645. The van der Waals surface area contributed by atoms with Gasteiger partial charge in [-0.2, -0.15) is 0 Å². The summed E-state index contributed by atoms with van der Waals surface area (Å²) in [5.74, 6) is 0.429. The molecule has 0 aliphatic carbocycles. The Bertz CT molecular complexity index is 252. The van der Waals surface area contributed by atoms with Crippen LogP contribution < -0.4 is 4.74 Å². The van der Waals surface area contributed by atoms with Crippen LogP contribution in [0.15, 0.2) is 12.3 Å². The van der Waals surface area contributed by atoms with E-state index in [9.17, 15) is 0 Å². The molecule has 0 N–H and O–H groups in total. The zero-order valence-electron chi connectivity index (χ0n) is 5.97. The molecule has 0 amide bonds. The third-order valence-corrected chi connectivity index (χ3v) is 1.53. The number of hydrogen-bond donors (Lipinski definition) is 0. The van der Waals surface area contributed by atoms with E-state index >= 15 is 0 Å². The van der Waals surface area contributed by atoms with Crippen LogP contribution in [0.25, 0.3) is 0 Å². The van der Waals surface area contributed by atoms with E-state index in [2.05, 4.69) is 4.98 Å². The minimum Gasteiger partial charge on any atom is -0.477 e. The van der Waals surface area contributed by atoms with Gasteiger partial charge in [0.05, 0.1) is 11.6 Å². The fraction of sp³-hybridized carbons (Fsp3) is 0.286. The van der Waals surface area contributed by atoms with Crippen molar-refractivity contribution in [1.29, 1.82) is 0 Å². The summed E-state index contributed by atoms with van der Waals surface area (Å²) < 4.78 is 5.09. The zero-order chi connectivity index (χ0) is 8.27. The molecule has 60 valence electrons. The van der Waals surface area contributed by atoms with Gasteiger partial charge in [-0.05, 0) is 13.0 Å². The lowest BCUT2D eigenvalue weighted by atomic mass is 10.5. The number of halogens is 2. The smallest absolute Gasteiger partial charge is 0.232 e. The average Bonchev–Trinajstić information content (AvgIpc) is 1.95. The second-order valence-corrected chi connectivity index (χ2v) is 2.72. The molecule has 0 fully saturated rings. The molecule has 0 saturated heterocycles. The molecule has 0 aromatic carbocycles. The SMILES string of the molecule is CCOc1ncc(Cl)cc1Cl. The molecular formula is C7H7Cl2NO. The van der Waals surface area contributed by atoms with Crippen molar-refractivity contribution in [2.45, 2.75) is 6.92 Å². The van der Waals surface area contributed by atoms with E-state index in [1.165, 1.54) is 6.20 Å². The Morgan fingerprint density at radius 1 is 1.55 bits per heavy atom. The van der Waals surface area contributed by atoms with Crippen molar-refractivity contribution < 1.29 is 4.74 Å². The van der Waals surface area contributed by atoms with Gasteiger partial charge in [0.25, 0.3) is 0 Å². The Hall–Kier alpha value is -0.470. The summed E-state index contributed by atoms with van der Waals surface area (Å²) in [4.78, 5) is 3.88. The van der Waals surface area contributed by atoms with Crippen molar-refractivity contribution in [3.8, 4) is 5.88 Å². The van der Waals surface area contributed by atoms with E-state index in [1.807, 2.05) is 6.92 Å². The molecule has 0 aliphatic rings. The van der Waals surface area contributed by atoms with Crippen LogP contribution in [0.5, 0.6) is 5.88 Å². The number of ether oxygens (including phenoxy) is 1. The third kappa shape index (κ3) is 2.24. The number of hydrogen-bond acceptors (Lipinski definition) is 2. The summed E-state index contributed by atoms with van der Waals surface area (Å²) in [5, 5.41) is 0.956. The highest BCUT2D eigenvalue weighted by Gasteiger charge is 2.01. The summed E-state index contributed by atoms with van der Waals surface area (Å²) in [5.41, 5.74) is 0. The van der Waals surface area contributed by atoms with Crippen LogP contribution in [0, 0.1) is 0 Å². The van der Waals surface area contributed by atoms with Gasteiger partial charge in [0.1, 0.15) is 5.02 Å². The molecule has 1 aromatic rings. The molecule has 0 radical (unpaired) electrons. The standard InChI is InChI=1S/C7H7Cl2NO/c1-2-11-7-6(9)3-5(8)4-10-7/h3-4H,2H2,1H3. The van der Waals surface area contributed by atoms with Gasteiger partial charge in [-0.25, -0.2) is 4.98 Å². The van der Waals surface area contributed by atoms with Gasteiger partial charge < -0.3 is 4.74 Å². The Morgan fingerprint density at radius 2 is 2.27 bits per heavy atom. The van der Waals surface area contributed by atoms with Crippen LogP contribution in [0.1, 0.15) is 6.92 Å². The van der Waals surface area contributed by atoms with Crippen molar-refractivity contribution in [3.63, 3.8) is 0 Å². The van der Waals surface area contributed by atoms with Gasteiger partial charge in [-0.3, -0.25) is 0 Å². The number of pyridine rings is 1. The van der Waals surface area contributed by atoms with E-state index in [1.54, 1.807) is 6.07 Å². The molecule has 2 nitrogen and oxygen atoms in total.